The van der Waals surface area contributed by atoms with Gasteiger partial charge in [0.15, 0.2) is 0 Å². The molecule has 1 aliphatic rings. The predicted molar refractivity (Wildman–Crippen MR) is 67.7 cm³/mol. The lowest BCUT2D eigenvalue weighted by Gasteiger charge is -2.19. The van der Waals surface area contributed by atoms with E-state index in [9.17, 15) is 0 Å². The maximum absolute atomic E-state index is 4.49. The van der Waals surface area contributed by atoms with Crippen LogP contribution in [-0.4, -0.2) is 25.6 Å². The fourth-order valence-corrected chi connectivity index (χ4v) is 1.82. The van der Waals surface area contributed by atoms with Crippen LogP contribution in [0.4, 0.5) is 5.69 Å². The van der Waals surface area contributed by atoms with Gasteiger partial charge in [0.05, 0.1) is 17.6 Å². The molecule has 0 radical (unpaired) electrons. The second-order valence-corrected chi connectivity index (χ2v) is 4.78. The molecule has 1 atom stereocenters. The van der Waals surface area contributed by atoms with Crippen LogP contribution < -0.4 is 10.2 Å². The molecule has 1 N–H and O–H groups in total. The Labute approximate surface area is 97.9 Å². The lowest BCUT2D eigenvalue weighted by molar-refractivity contribution is 0.632. The van der Waals surface area contributed by atoms with Crippen LogP contribution >= 0.6 is 0 Å². The zero-order valence-electron chi connectivity index (χ0n) is 10.4. The molecule has 3 nitrogen and oxygen atoms in total. The molecule has 1 aromatic rings. The maximum Gasteiger partial charge on any atom is 0.0571 e. The molecule has 1 fully saturated rings. The molecule has 1 aliphatic carbocycles. The highest BCUT2D eigenvalue weighted by molar-refractivity contribution is 5.44. The van der Waals surface area contributed by atoms with Gasteiger partial charge in [0.2, 0.25) is 0 Å². The summed E-state index contributed by atoms with van der Waals surface area (Å²) in [4.78, 5) is 6.80. The molecular formula is C13H21N3. The molecular weight excluding hydrogens is 198 g/mol. The standard InChI is InChI=1S/C13H21N3/c1-10(14-2)13-7-6-12(8-15-13)16(3)9-11-4-5-11/h6-8,10-11,14H,4-5,9H2,1-3H3. The zero-order chi connectivity index (χ0) is 11.5. The number of hydrogen-bond acceptors (Lipinski definition) is 3. The second kappa shape index (κ2) is 4.83. The number of nitrogens with one attached hydrogen (secondary N) is 1. The Morgan fingerprint density at radius 2 is 2.25 bits per heavy atom. The number of aromatic nitrogens is 1. The van der Waals surface area contributed by atoms with Crippen molar-refractivity contribution in [3.8, 4) is 0 Å². The van der Waals surface area contributed by atoms with Crippen LogP contribution in [0.1, 0.15) is 31.5 Å². The molecule has 0 spiro atoms. The summed E-state index contributed by atoms with van der Waals surface area (Å²) in [5.74, 6) is 0.918. The smallest absolute Gasteiger partial charge is 0.0571 e. The summed E-state index contributed by atoms with van der Waals surface area (Å²) in [5.41, 5.74) is 2.32. The average molecular weight is 219 g/mol. The molecule has 1 unspecified atom stereocenters. The molecule has 0 aromatic carbocycles. The van der Waals surface area contributed by atoms with Gasteiger partial charge < -0.3 is 10.2 Å². The van der Waals surface area contributed by atoms with E-state index in [0.717, 1.165) is 11.6 Å². The molecule has 88 valence electrons. The van der Waals surface area contributed by atoms with Crippen LogP contribution in [0.15, 0.2) is 18.3 Å². The van der Waals surface area contributed by atoms with E-state index in [0.29, 0.717) is 6.04 Å². The number of pyridine rings is 1. The van der Waals surface area contributed by atoms with E-state index in [1.807, 2.05) is 13.2 Å². The molecule has 0 saturated heterocycles. The summed E-state index contributed by atoms with van der Waals surface area (Å²) >= 11 is 0. The van der Waals surface area contributed by atoms with Gasteiger partial charge >= 0.3 is 0 Å². The summed E-state index contributed by atoms with van der Waals surface area (Å²) in [6, 6.07) is 4.60. The average Bonchev–Trinajstić information content (AvgIpc) is 3.12. The first kappa shape index (κ1) is 11.4. The first-order valence-corrected chi connectivity index (χ1v) is 6.05. The van der Waals surface area contributed by atoms with E-state index in [1.54, 1.807) is 0 Å². The molecule has 1 saturated carbocycles. The van der Waals surface area contributed by atoms with E-state index in [4.69, 9.17) is 0 Å². The maximum atomic E-state index is 4.49. The predicted octanol–water partition coefficient (Wildman–Crippen LogP) is 2.21. The number of anilines is 1. The topological polar surface area (TPSA) is 28.2 Å². The Kier molecular flexibility index (Phi) is 3.44. The highest BCUT2D eigenvalue weighted by Gasteiger charge is 2.23. The Balaban J connectivity index is 1.99. The molecule has 3 heteroatoms. The second-order valence-electron chi connectivity index (χ2n) is 4.78. The van der Waals surface area contributed by atoms with Gasteiger partial charge in [-0.25, -0.2) is 0 Å². The summed E-state index contributed by atoms with van der Waals surface area (Å²) in [7, 11) is 4.11. The minimum atomic E-state index is 0.322. The quantitative estimate of drug-likeness (QED) is 0.823. The highest BCUT2D eigenvalue weighted by Crippen LogP contribution is 2.30. The van der Waals surface area contributed by atoms with Gasteiger partial charge in [-0.3, -0.25) is 4.98 Å². The van der Waals surface area contributed by atoms with Crippen molar-refractivity contribution in [1.82, 2.24) is 10.3 Å². The normalized spacial score (nSPS) is 17.2. The summed E-state index contributed by atoms with van der Waals surface area (Å²) in [6.45, 7) is 3.29. The molecule has 1 heterocycles. The van der Waals surface area contributed by atoms with Crippen LogP contribution in [0.5, 0.6) is 0 Å². The lowest BCUT2D eigenvalue weighted by atomic mass is 10.2. The van der Waals surface area contributed by atoms with Crippen molar-refractivity contribution in [1.29, 1.82) is 0 Å². The minimum Gasteiger partial charge on any atom is -0.373 e. The summed E-state index contributed by atoms with van der Waals surface area (Å²) in [6.07, 6.45) is 4.77. The van der Waals surface area contributed by atoms with Crippen molar-refractivity contribution in [3.63, 3.8) is 0 Å². The van der Waals surface area contributed by atoms with Gasteiger partial charge in [0.25, 0.3) is 0 Å². The Hall–Kier alpha value is -1.09. The van der Waals surface area contributed by atoms with Crippen LogP contribution in [0.3, 0.4) is 0 Å². The zero-order valence-corrected chi connectivity index (χ0v) is 10.4. The third-order valence-corrected chi connectivity index (χ3v) is 3.32. The van der Waals surface area contributed by atoms with Crippen LogP contribution in [0, 0.1) is 5.92 Å². The number of nitrogens with zero attached hydrogens (tertiary/aromatic N) is 2. The van der Waals surface area contributed by atoms with Crippen molar-refractivity contribution < 1.29 is 0 Å². The SMILES string of the molecule is CNC(C)c1ccc(N(C)CC2CC2)cn1. The number of rotatable bonds is 5. The van der Waals surface area contributed by atoms with E-state index in [2.05, 4.69) is 41.3 Å². The van der Waals surface area contributed by atoms with Crippen molar-refractivity contribution in [2.45, 2.75) is 25.8 Å². The van der Waals surface area contributed by atoms with E-state index >= 15 is 0 Å². The van der Waals surface area contributed by atoms with Gasteiger partial charge in [-0.05, 0) is 44.9 Å². The lowest BCUT2D eigenvalue weighted by Crippen LogP contribution is -2.20. The van der Waals surface area contributed by atoms with Gasteiger partial charge in [-0.2, -0.15) is 0 Å². The van der Waals surface area contributed by atoms with Gasteiger partial charge in [0, 0.05) is 19.6 Å². The number of hydrogen-bond donors (Lipinski definition) is 1. The van der Waals surface area contributed by atoms with Crippen molar-refractivity contribution in [2.24, 2.45) is 5.92 Å². The van der Waals surface area contributed by atoms with Crippen LogP contribution in [-0.2, 0) is 0 Å². The molecule has 2 rings (SSSR count). The Morgan fingerprint density at radius 3 is 2.75 bits per heavy atom. The first-order chi connectivity index (χ1) is 7.70. The van der Waals surface area contributed by atoms with Crippen molar-refractivity contribution >= 4 is 5.69 Å². The molecule has 0 aliphatic heterocycles. The molecule has 0 bridgehead atoms. The molecule has 1 aromatic heterocycles. The third-order valence-electron chi connectivity index (χ3n) is 3.32. The fourth-order valence-electron chi connectivity index (χ4n) is 1.82. The van der Waals surface area contributed by atoms with E-state index in [-0.39, 0.29) is 0 Å². The third kappa shape index (κ3) is 2.73. The van der Waals surface area contributed by atoms with Gasteiger partial charge in [-0.1, -0.05) is 0 Å². The van der Waals surface area contributed by atoms with E-state index in [1.165, 1.54) is 25.1 Å². The summed E-state index contributed by atoms with van der Waals surface area (Å²) < 4.78 is 0. The highest BCUT2D eigenvalue weighted by atomic mass is 15.1. The largest absolute Gasteiger partial charge is 0.373 e. The van der Waals surface area contributed by atoms with Crippen molar-refractivity contribution in [2.75, 3.05) is 25.5 Å². The first-order valence-electron chi connectivity index (χ1n) is 6.05. The Bertz CT molecular complexity index is 330. The van der Waals surface area contributed by atoms with Crippen molar-refractivity contribution in [3.05, 3.63) is 24.0 Å². The summed E-state index contributed by atoms with van der Waals surface area (Å²) in [5, 5.41) is 3.20. The fraction of sp³-hybridized carbons (Fsp3) is 0.615. The van der Waals surface area contributed by atoms with Crippen LogP contribution in [0.25, 0.3) is 0 Å². The van der Waals surface area contributed by atoms with Gasteiger partial charge in [0.1, 0.15) is 0 Å². The minimum absolute atomic E-state index is 0.322. The van der Waals surface area contributed by atoms with Gasteiger partial charge in [-0.15, -0.1) is 0 Å². The van der Waals surface area contributed by atoms with E-state index < -0.39 is 0 Å². The Morgan fingerprint density at radius 1 is 1.50 bits per heavy atom. The monoisotopic (exact) mass is 219 g/mol. The molecule has 16 heavy (non-hydrogen) atoms. The van der Waals surface area contributed by atoms with Crippen LogP contribution in [0.2, 0.25) is 0 Å². The molecule has 0 amide bonds.